The molecule has 4 aromatic rings. The molecule has 3 aromatic carbocycles. The maximum Gasteiger partial charge on any atom is 0.257 e. The van der Waals surface area contributed by atoms with Gasteiger partial charge in [0.25, 0.3) is 5.91 Å². The van der Waals surface area contributed by atoms with Crippen LogP contribution in [0.1, 0.15) is 15.9 Å². The molecular formula is C20H13BrCl2N4O. The van der Waals surface area contributed by atoms with Gasteiger partial charge < -0.3 is 5.32 Å². The van der Waals surface area contributed by atoms with Gasteiger partial charge in [-0.05, 0) is 49.4 Å². The quantitative estimate of drug-likeness (QED) is 0.392. The van der Waals surface area contributed by atoms with Gasteiger partial charge in [-0.25, -0.2) is 0 Å². The number of nitrogens with one attached hydrogen (secondary N) is 1. The van der Waals surface area contributed by atoms with Crippen LogP contribution < -0.4 is 5.32 Å². The van der Waals surface area contributed by atoms with Gasteiger partial charge in [0.2, 0.25) is 0 Å². The summed E-state index contributed by atoms with van der Waals surface area (Å²) in [6, 6.07) is 16.3. The van der Waals surface area contributed by atoms with E-state index < -0.39 is 0 Å². The zero-order valence-corrected chi connectivity index (χ0v) is 17.7. The smallest absolute Gasteiger partial charge is 0.257 e. The van der Waals surface area contributed by atoms with Gasteiger partial charge in [-0.2, -0.15) is 4.80 Å². The number of carbonyl (C=O) groups excluding carboxylic acids is 1. The van der Waals surface area contributed by atoms with E-state index in [1.165, 1.54) is 4.80 Å². The first-order chi connectivity index (χ1) is 13.4. The highest BCUT2D eigenvalue weighted by Crippen LogP contribution is 2.29. The van der Waals surface area contributed by atoms with Gasteiger partial charge in [-0.15, -0.1) is 10.2 Å². The predicted octanol–water partition coefficient (Wildman–Crippen LogP) is 6.05. The lowest BCUT2D eigenvalue weighted by atomic mass is 10.2. The number of carbonyl (C=O) groups is 1. The van der Waals surface area contributed by atoms with Gasteiger partial charge in [-0.1, -0.05) is 56.8 Å². The van der Waals surface area contributed by atoms with E-state index in [4.69, 9.17) is 23.2 Å². The first kappa shape index (κ1) is 18.9. The monoisotopic (exact) mass is 474 g/mol. The Labute approximate surface area is 179 Å². The molecule has 0 unspecified atom stereocenters. The van der Waals surface area contributed by atoms with Crippen molar-refractivity contribution in [2.24, 2.45) is 0 Å². The summed E-state index contributed by atoms with van der Waals surface area (Å²) in [6.07, 6.45) is 0. The van der Waals surface area contributed by atoms with Crippen LogP contribution in [0.15, 0.2) is 59.1 Å². The fraction of sp³-hybridized carbons (Fsp3) is 0.0500. The number of fused-ring (bicyclic) bond motifs is 1. The summed E-state index contributed by atoms with van der Waals surface area (Å²) in [4.78, 5) is 14.2. The molecule has 0 saturated carbocycles. The highest BCUT2D eigenvalue weighted by atomic mass is 79.9. The van der Waals surface area contributed by atoms with E-state index in [0.29, 0.717) is 32.3 Å². The summed E-state index contributed by atoms with van der Waals surface area (Å²) < 4.78 is 0.754. The lowest BCUT2D eigenvalue weighted by Gasteiger charge is -2.08. The highest BCUT2D eigenvalue weighted by molar-refractivity contribution is 9.10. The molecule has 1 N–H and O–H groups in total. The number of hydrogen-bond acceptors (Lipinski definition) is 3. The van der Waals surface area contributed by atoms with Crippen LogP contribution in [0, 0.1) is 6.92 Å². The fourth-order valence-corrected chi connectivity index (χ4v) is 3.46. The summed E-state index contributed by atoms with van der Waals surface area (Å²) in [5, 5.41) is 12.5. The van der Waals surface area contributed by atoms with Gasteiger partial charge in [-0.3, -0.25) is 4.79 Å². The topological polar surface area (TPSA) is 59.8 Å². The SMILES string of the molecule is Cc1ccc(-n2nc3cc(Cl)c(NC(=O)c4cc(Br)ccc4Cl)cc3n2)cc1. The van der Waals surface area contributed by atoms with Crippen LogP contribution >= 0.6 is 39.1 Å². The fourth-order valence-electron chi connectivity index (χ4n) is 2.69. The van der Waals surface area contributed by atoms with Crippen LogP contribution in [0.2, 0.25) is 10.0 Å². The van der Waals surface area contributed by atoms with E-state index in [9.17, 15) is 4.79 Å². The van der Waals surface area contributed by atoms with Crippen molar-refractivity contribution >= 4 is 61.8 Å². The minimum atomic E-state index is -0.363. The summed E-state index contributed by atoms with van der Waals surface area (Å²) in [7, 11) is 0. The molecule has 0 spiro atoms. The second kappa shape index (κ2) is 7.54. The van der Waals surface area contributed by atoms with E-state index in [0.717, 1.165) is 15.7 Å². The second-order valence-corrected chi connectivity index (χ2v) is 7.95. The average molecular weight is 476 g/mol. The zero-order valence-electron chi connectivity index (χ0n) is 14.6. The minimum absolute atomic E-state index is 0.343. The zero-order chi connectivity index (χ0) is 19.8. The highest BCUT2D eigenvalue weighted by Gasteiger charge is 2.15. The molecule has 1 aromatic heterocycles. The van der Waals surface area contributed by atoms with Crippen molar-refractivity contribution in [1.82, 2.24) is 15.0 Å². The summed E-state index contributed by atoms with van der Waals surface area (Å²) in [5.74, 6) is -0.363. The van der Waals surface area contributed by atoms with Crippen LogP contribution in [-0.4, -0.2) is 20.9 Å². The van der Waals surface area contributed by atoms with Crippen molar-refractivity contribution in [3.05, 3.63) is 80.2 Å². The average Bonchev–Trinajstić information content (AvgIpc) is 3.07. The lowest BCUT2D eigenvalue weighted by molar-refractivity contribution is 0.102. The van der Waals surface area contributed by atoms with Gasteiger partial charge >= 0.3 is 0 Å². The first-order valence-corrected chi connectivity index (χ1v) is 9.85. The van der Waals surface area contributed by atoms with Crippen LogP contribution in [0.4, 0.5) is 5.69 Å². The maximum atomic E-state index is 12.6. The molecule has 0 radical (unpaired) electrons. The van der Waals surface area contributed by atoms with E-state index in [-0.39, 0.29) is 5.91 Å². The van der Waals surface area contributed by atoms with Crippen LogP contribution in [-0.2, 0) is 0 Å². The van der Waals surface area contributed by atoms with Crippen LogP contribution in [0.5, 0.6) is 0 Å². The molecule has 8 heteroatoms. The third-order valence-electron chi connectivity index (χ3n) is 4.16. The van der Waals surface area contributed by atoms with Crippen molar-refractivity contribution in [3.8, 4) is 5.69 Å². The number of rotatable bonds is 3. The van der Waals surface area contributed by atoms with E-state index in [1.54, 1.807) is 30.3 Å². The molecular weight excluding hydrogens is 463 g/mol. The molecule has 4 rings (SSSR count). The normalized spacial score (nSPS) is 11.0. The van der Waals surface area contributed by atoms with Crippen molar-refractivity contribution < 1.29 is 4.79 Å². The predicted molar refractivity (Wildman–Crippen MR) is 116 cm³/mol. The Morgan fingerprint density at radius 3 is 2.36 bits per heavy atom. The number of aromatic nitrogens is 3. The Morgan fingerprint density at radius 1 is 0.964 bits per heavy atom. The Hall–Kier alpha value is -2.41. The van der Waals surface area contributed by atoms with Crippen LogP contribution in [0.3, 0.4) is 0 Å². The molecule has 0 fully saturated rings. The first-order valence-electron chi connectivity index (χ1n) is 8.31. The Balaban J connectivity index is 1.68. The van der Waals surface area contributed by atoms with Gasteiger partial charge in [0, 0.05) is 4.47 Å². The Kier molecular flexibility index (Phi) is 5.10. The number of amides is 1. The Morgan fingerprint density at radius 2 is 1.64 bits per heavy atom. The molecule has 0 saturated heterocycles. The maximum absolute atomic E-state index is 12.6. The van der Waals surface area contributed by atoms with E-state index >= 15 is 0 Å². The van der Waals surface area contributed by atoms with Gasteiger partial charge in [0.1, 0.15) is 11.0 Å². The van der Waals surface area contributed by atoms with Crippen molar-refractivity contribution in [2.45, 2.75) is 6.92 Å². The molecule has 140 valence electrons. The largest absolute Gasteiger partial charge is 0.321 e. The van der Waals surface area contributed by atoms with Crippen LogP contribution in [0.25, 0.3) is 16.7 Å². The number of anilines is 1. The standard InChI is InChI=1S/C20H13BrCl2N4O/c1-11-2-5-13(6-3-11)27-25-18-9-16(23)17(10-19(18)26-27)24-20(28)14-8-12(21)4-7-15(14)22/h2-10H,1H3,(H,24,28). The van der Waals surface area contributed by atoms with Gasteiger partial charge in [0.05, 0.1) is 27.0 Å². The second-order valence-electron chi connectivity index (χ2n) is 6.22. The summed E-state index contributed by atoms with van der Waals surface area (Å²) in [5.41, 5.74) is 4.01. The molecule has 0 atom stereocenters. The number of halogens is 3. The third-order valence-corrected chi connectivity index (χ3v) is 5.29. The minimum Gasteiger partial charge on any atom is -0.321 e. The van der Waals surface area contributed by atoms with Crippen molar-refractivity contribution in [2.75, 3.05) is 5.32 Å². The van der Waals surface area contributed by atoms with Crippen molar-refractivity contribution in [1.29, 1.82) is 0 Å². The van der Waals surface area contributed by atoms with E-state index in [1.807, 2.05) is 31.2 Å². The van der Waals surface area contributed by atoms with Gasteiger partial charge in [0.15, 0.2) is 0 Å². The Bertz CT molecular complexity index is 1210. The molecule has 0 aliphatic carbocycles. The van der Waals surface area contributed by atoms with Crippen molar-refractivity contribution in [3.63, 3.8) is 0 Å². The number of hydrogen-bond donors (Lipinski definition) is 1. The number of benzene rings is 3. The summed E-state index contributed by atoms with van der Waals surface area (Å²) in [6.45, 7) is 2.02. The lowest BCUT2D eigenvalue weighted by Crippen LogP contribution is -2.12. The number of aryl methyl sites for hydroxylation is 1. The molecule has 5 nitrogen and oxygen atoms in total. The van der Waals surface area contributed by atoms with E-state index in [2.05, 4.69) is 31.4 Å². The molecule has 1 heterocycles. The molecule has 0 bridgehead atoms. The summed E-state index contributed by atoms with van der Waals surface area (Å²) >= 11 is 15.8. The number of nitrogens with zero attached hydrogens (tertiary/aromatic N) is 3. The third kappa shape index (κ3) is 3.76. The molecule has 0 aliphatic rings. The molecule has 28 heavy (non-hydrogen) atoms. The molecule has 0 aliphatic heterocycles. The molecule has 1 amide bonds.